The number of nitrogens with zero attached hydrogens (tertiary/aromatic N) is 2. The fraction of sp³-hybridized carbons (Fsp3) is 0.111. The molecule has 1 aromatic carbocycles. The van der Waals surface area contributed by atoms with Crippen molar-refractivity contribution in [1.82, 2.24) is 4.98 Å². The molecule has 1 aliphatic heterocycles. The van der Waals surface area contributed by atoms with Crippen LogP contribution in [-0.4, -0.2) is 11.2 Å². The molecule has 2 aromatic heterocycles. The summed E-state index contributed by atoms with van der Waals surface area (Å²) in [5.41, 5.74) is 3.79. The van der Waals surface area contributed by atoms with Gasteiger partial charge in [0.15, 0.2) is 0 Å². The number of benzene rings is 1. The number of halogens is 1. The zero-order valence-corrected chi connectivity index (χ0v) is 13.3. The van der Waals surface area contributed by atoms with Crippen molar-refractivity contribution < 1.29 is 0 Å². The van der Waals surface area contributed by atoms with E-state index in [1.54, 1.807) is 11.3 Å². The molecule has 0 bridgehead atoms. The van der Waals surface area contributed by atoms with Crippen molar-refractivity contribution in [3.05, 3.63) is 71.0 Å². The van der Waals surface area contributed by atoms with Gasteiger partial charge in [-0.25, -0.2) is 0 Å². The highest BCUT2D eigenvalue weighted by Crippen LogP contribution is 2.45. The van der Waals surface area contributed by atoms with E-state index in [4.69, 9.17) is 11.6 Å². The highest BCUT2D eigenvalue weighted by molar-refractivity contribution is 7.19. The maximum Gasteiger partial charge on any atom is 0.119 e. The summed E-state index contributed by atoms with van der Waals surface area (Å²) >= 11 is 7.74. The van der Waals surface area contributed by atoms with Crippen LogP contribution in [0.3, 0.4) is 0 Å². The summed E-state index contributed by atoms with van der Waals surface area (Å²) in [6.45, 7) is 0. The summed E-state index contributed by atoms with van der Waals surface area (Å²) < 4.78 is 0. The van der Waals surface area contributed by atoms with Gasteiger partial charge in [-0.2, -0.15) is 0 Å². The molecule has 1 atom stereocenters. The molecule has 0 N–H and O–H groups in total. The van der Waals surface area contributed by atoms with Crippen LogP contribution in [0.5, 0.6) is 0 Å². The minimum Gasteiger partial charge on any atom is -0.265 e. The Bertz CT molecular complexity index is 822. The topological polar surface area (TPSA) is 25.2 Å². The van der Waals surface area contributed by atoms with E-state index in [2.05, 4.69) is 28.2 Å². The van der Waals surface area contributed by atoms with E-state index in [1.807, 2.05) is 42.9 Å². The van der Waals surface area contributed by atoms with Gasteiger partial charge >= 0.3 is 0 Å². The highest BCUT2D eigenvalue weighted by atomic mass is 35.5. The zero-order valence-electron chi connectivity index (χ0n) is 11.7. The first-order valence-electron chi connectivity index (χ1n) is 7.13. The lowest BCUT2D eigenvalue weighted by Gasteiger charge is -2.18. The minimum atomic E-state index is 0.358. The molecule has 0 fully saturated rings. The standard InChI is InChI=1S/C18H13ClN2S/c19-14-3-1-12(2-4-14)15-7-10-21-18-16(15)11-17(22-18)13-5-8-20-9-6-13/h1-6,8-11,15H,7H2. The van der Waals surface area contributed by atoms with Crippen molar-refractivity contribution >= 4 is 34.2 Å². The summed E-state index contributed by atoms with van der Waals surface area (Å²) in [6.07, 6.45) is 6.61. The Morgan fingerprint density at radius 2 is 1.82 bits per heavy atom. The van der Waals surface area contributed by atoms with Crippen LogP contribution in [0.2, 0.25) is 5.02 Å². The summed E-state index contributed by atoms with van der Waals surface area (Å²) in [5.74, 6) is 0.358. The molecule has 3 aromatic rings. The Kier molecular flexibility index (Phi) is 3.53. The fourth-order valence-corrected chi connectivity index (χ4v) is 4.00. The second-order valence-electron chi connectivity index (χ2n) is 5.26. The summed E-state index contributed by atoms with van der Waals surface area (Å²) in [6, 6.07) is 14.5. The quantitative estimate of drug-likeness (QED) is 0.593. The van der Waals surface area contributed by atoms with E-state index >= 15 is 0 Å². The van der Waals surface area contributed by atoms with Crippen LogP contribution in [0, 0.1) is 0 Å². The van der Waals surface area contributed by atoms with E-state index < -0.39 is 0 Å². The van der Waals surface area contributed by atoms with Crippen molar-refractivity contribution in [2.45, 2.75) is 12.3 Å². The predicted molar refractivity (Wildman–Crippen MR) is 93.6 cm³/mol. The van der Waals surface area contributed by atoms with Crippen molar-refractivity contribution in [1.29, 1.82) is 0 Å². The van der Waals surface area contributed by atoms with Crippen LogP contribution < -0.4 is 0 Å². The molecule has 0 amide bonds. The van der Waals surface area contributed by atoms with E-state index in [1.165, 1.54) is 21.6 Å². The van der Waals surface area contributed by atoms with E-state index in [9.17, 15) is 0 Å². The van der Waals surface area contributed by atoms with Crippen molar-refractivity contribution in [2.24, 2.45) is 4.99 Å². The van der Waals surface area contributed by atoms with Crippen molar-refractivity contribution in [3.8, 4) is 10.4 Å². The Morgan fingerprint density at radius 1 is 1.05 bits per heavy atom. The van der Waals surface area contributed by atoms with Crippen LogP contribution in [-0.2, 0) is 0 Å². The molecular formula is C18H13ClN2S. The van der Waals surface area contributed by atoms with Gasteiger partial charge in [0.1, 0.15) is 5.00 Å². The van der Waals surface area contributed by atoms with Crippen LogP contribution in [0.15, 0.2) is 59.9 Å². The van der Waals surface area contributed by atoms with Gasteiger partial charge in [-0.15, -0.1) is 11.3 Å². The monoisotopic (exact) mass is 324 g/mol. The summed E-state index contributed by atoms with van der Waals surface area (Å²) in [4.78, 5) is 9.91. The Morgan fingerprint density at radius 3 is 2.59 bits per heavy atom. The second-order valence-corrected chi connectivity index (χ2v) is 6.73. The number of thiophene rings is 1. The lowest BCUT2D eigenvalue weighted by Crippen LogP contribution is -2.03. The molecule has 0 radical (unpaired) electrons. The number of hydrogen-bond donors (Lipinski definition) is 0. The molecule has 4 heteroatoms. The molecular weight excluding hydrogens is 312 g/mol. The molecule has 22 heavy (non-hydrogen) atoms. The Balaban J connectivity index is 1.77. The first kappa shape index (κ1) is 13.7. The van der Waals surface area contributed by atoms with Gasteiger partial charge < -0.3 is 0 Å². The average Bonchev–Trinajstić information content (AvgIpc) is 3.01. The molecule has 0 saturated heterocycles. The molecule has 108 valence electrons. The summed E-state index contributed by atoms with van der Waals surface area (Å²) in [5, 5.41) is 1.88. The Labute approximate surface area is 138 Å². The van der Waals surface area contributed by atoms with Gasteiger partial charge in [0, 0.05) is 34.4 Å². The van der Waals surface area contributed by atoms with E-state index in [0.717, 1.165) is 16.4 Å². The molecule has 1 unspecified atom stereocenters. The number of aromatic nitrogens is 1. The SMILES string of the molecule is Clc1ccc(C2CC=Nc3sc(-c4ccncc4)cc32)cc1. The van der Waals surface area contributed by atoms with Gasteiger partial charge in [0.2, 0.25) is 0 Å². The molecule has 0 saturated carbocycles. The molecule has 0 aliphatic carbocycles. The minimum absolute atomic E-state index is 0.358. The van der Waals surface area contributed by atoms with E-state index in [0.29, 0.717) is 5.92 Å². The zero-order chi connectivity index (χ0) is 14.9. The largest absolute Gasteiger partial charge is 0.265 e. The van der Waals surface area contributed by atoms with Crippen molar-refractivity contribution in [3.63, 3.8) is 0 Å². The van der Waals surface area contributed by atoms with E-state index in [-0.39, 0.29) is 0 Å². The van der Waals surface area contributed by atoms with Crippen LogP contribution in [0.4, 0.5) is 5.00 Å². The summed E-state index contributed by atoms with van der Waals surface area (Å²) in [7, 11) is 0. The second kappa shape index (κ2) is 5.67. The first-order chi connectivity index (χ1) is 10.8. The first-order valence-corrected chi connectivity index (χ1v) is 8.33. The number of fused-ring (bicyclic) bond motifs is 1. The molecule has 3 heterocycles. The third kappa shape index (κ3) is 2.47. The normalized spacial score (nSPS) is 16.5. The van der Waals surface area contributed by atoms with Crippen LogP contribution in [0.25, 0.3) is 10.4 Å². The lowest BCUT2D eigenvalue weighted by molar-refractivity contribution is 0.858. The maximum absolute atomic E-state index is 6.00. The van der Waals surface area contributed by atoms with Gasteiger partial charge in [0.05, 0.1) is 0 Å². The third-order valence-corrected chi connectivity index (χ3v) is 5.26. The Hall–Kier alpha value is -1.97. The maximum atomic E-state index is 6.00. The van der Waals surface area contributed by atoms with Crippen LogP contribution >= 0.6 is 22.9 Å². The van der Waals surface area contributed by atoms with Gasteiger partial charge in [-0.1, -0.05) is 23.7 Å². The number of hydrogen-bond acceptors (Lipinski definition) is 3. The molecule has 0 spiro atoms. The average molecular weight is 325 g/mol. The molecule has 2 nitrogen and oxygen atoms in total. The predicted octanol–water partition coefficient (Wildman–Crippen LogP) is 5.70. The molecule has 1 aliphatic rings. The number of pyridine rings is 1. The van der Waals surface area contributed by atoms with Gasteiger partial charge in [-0.05, 0) is 53.4 Å². The fourth-order valence-electron chi connectivity index (χ4n) is 2.78. The molecule has 4 rings (SSSR count). The van der Waals surface area contributed by atoms with Gasteiger partial charge in [0.25, 0.3) is 0 Å². The van der Waals surface area contributed by atoms with Crippen molar-refractivity contribution in [2.75, 3.05) is 0 Å². The highest BCUT2D eigenvalue weighted by Gasteiger charge is 2.23. The number of aliphatic imine (C=N–C) groups is 1. The smallest absolute Gasteiger partial charge is 0.119 e. The third-order valence-electron chi connectivity index (χ3n) is 3.90. The van der Waals surface area contributed by atoms with Crippen LogP contribution in [0.1, 0.15) is 23.5 Å². The number of rotatable bonds is 2. The van der Waals surface area contributed by atoms with Gasteiger partial charge in [-0.3, -0.25) is 9.98 Å². The lowest BCUT2D eigenvalue weighted by atomic mass is 9.88.